The van der Waals surface area contributed by atoms with E-state index in [1.807, 2.05) is 16.8 Å². The molecule has 4 nitrogen and oxygen atoms in total. The van der Waals surface area contributed by atoms with Crippen molar-refractivity contribution in [1.82, 2.24) is 14.4 Å². The van der Waals surface area contributed by atoms with Gasteiger partial charge in [-0.05, 0) is 28.8 Å². The highest BCUT2D eigenvalue weighted by atomic mass is 79.9. The zero-order chi connectivity index (χ0) is 12.3. The summed E-state index contributed by atoms with van der Waals surface area (Å²) in [4.78, 5) is 8.79. The number of hydrogen-bond donors (Lipinski definition) is 1. The molecule has 0 saturated heterocycles. The fraction of sp³-hybridized carbons (Fsp3) is 0.500. The normalized spacial score (nSPS) is 12.9. The van der Waals surface area contributed by atoms with Crippen LogP contribution in [0.2, 0.25) is 0 Å². The highest BCUT2D eigenvalue weighted by Gasteiger charge is 2.10. The molecular weight excluding hydrogens is 280 g/mol. The molecule has 2 aromatic rings. The van der Waals surface area contributed by atoms with Crippen LogP contribution in [0.3, 0.4) is 0 Å². The molecule has 17 heavy (non-hydrogen) atoms. The second-order valence-electron chi connectivity index (χ2n) is 4.11. The molecule has 1 N–H and O–H groups in total. The van der Waals surface area contributed by atoms with Crippen LogP contribution in [-0.2, 0) is 0 Å². The topological polar surface area (TPSA) is 42.2 Å². The summed E-state index contributed by atoms with van der Waals surface area (Å²) in [6, 6.07) is 0.460. The Balaban J connectivity index is 2.30. The number of halogens is 1. The fourth-order valence-corrected chi connectivity index (χ4v) is 2.32. The molecule has 0 aliphatic carbocycles. The molecule has 92 valence electrons. The van der Waals surface area contributed by atoms with Crippen LogP contribution in [-0.4, -0.2) is 20.4 Å². The lowest BCUT2D eigenvalue weighted by atomic mass is 10.1. The Labute approximate surface area is 110 Å². The summed E-state index contributed by atoms with van der Waals surface area (Å²) >= 11 is 3.42. The maximum absolute atomic E-state index is 4.47. The minimum absolute atomic E-state index is 0.460. The van der Waals surface area contributed by atoms with Crippen LogP contribution < -0.4 is 5.32 Å². The van der Waals surface area contributed by atoms with Crippen molar-refractivity contribution in [3.05, 3.63) is 23.2 Å². The molecule has 2 aromatic heterocycles. The average Bonchev–Trinajstić information content (AvgIpc) is 2.76. The first-order chi connectivity index (χ1) is 8.24. The average molecular weight is 297 g/mol. The zero-order valence-electron chi connectivity index (χ0n) is 10.2. The lowest BCUT2D eigenvalue weighted by Crippen LogP contribution is -2.19. The van der Waals surface area contributed by atoms with Gasteiger partial charge in [-0.2, -0.15) is 0 Å². The molecule has 0 radical (unpaired) electrons. The molecule has 0 amide bonds. The van der Waals surface area contributed by atoms with Gasteiger partial charge in [-0.15, -0.1) is 0 Å². The third-order valence-electron chi connectivity index (χ3n) is 2.82. The first kappa shape index (κ1) is 12.4. The molecular formula is C12H17BrN4. The molecule has 0 bridgehead atoms. The Morgan fingerprint density at radius 3 is 3.00 bits per heavy atom. The third kappa shape index (κ3) is 2.77. The smallest absolute Gasteiger partial charge is 0.180 e. The van der Waals surface area contributed by atoms with Gasteiger partial charge in [-0.25, -0.2) is 9.97 Å². The van der Waals surface area contributed by atoms with Gasteiger partial charge in [-0.3, -0.25) is 0 Å². The van der Waals surface area contributed by atoms with E-state index < -0.39 is 0 Å². The summed E-state index contributed by atoms with van der Waals surface area (Å²) in [7, 11) is 0. The van der Waals surface area contributed by atoms with Crippen LogP contribution in [0.4, 0.5) is 5.82 Å². The monoisotopic (exact) mass is 296 g/mol. The standard InChI is InChI=1S/C12H17BrN4/c1-3-5-9(4-2)15-11-12-14-6-7-17(12)8-10(13)16-11/h6-9H,3-5H2,1-2H3,(H,15,16). The van der Waals surface area contributed by atoms with E-state index in [1.165, 1.54) is 6.42 Å². The van der Waals surface area contributed by atoms with Crippen molar-refractivity contribution in [2.75, 3.05) is 5.32 Å². The molecule has 2 heterocycles. The first-order valence-electron chi connectivity index (χ1n) is 6.00. The van der Waals surface area contributed by atoms with Gasteiger partial charge in [0.1, 0.15) is 4.60 Å². The highest BCUT2D eigenvalue weighted by molar-refractivity contribution is 9.10. The van der Waals surface area contributed by atoms with Gasteiger partial charge >= 0.3 is 0 Å². The number of rotatable bonds is 5. The molecule has 5 heteroatoms. The molecule has 0 aromatic carbocycles. The quantitative estimate of drug-likeness (QED) is 0.918. The second kappa shape index (κ2) is 5.49. The first-order valence-corrected chi connectivity index (χ1v) is 6.79. The van der Waals surface area contributed by atoms with Crippen molar-refractivity contribution < 1.29 is 0 Å². The number of fused-ring (bicyclic) bond motifs is 1. The Kier molecular flexibility index (Phi) is 3.99. The predicted octanol–water partition coefficient (Wildman–Crippen LogP) is 3.48. The molecule has 0 aliphatic heterocycles. The van der Waals surface area contributed by atoms with Crippen molar-refractivity contribution in [3.8, 4) is 0 Å². The largest absolute Gasteiger partial charge is 0.364 e. The Hall–Kier alpha value is -1.10. The summed E-state index contributed by atoms with van der Waals surface area (Å²) in [6.45, 7) is 4.39. The van der Waals surface area contributed by atoms with E-state index in [0.29, 0.717) is 6.04 Å². The van der Waals surface area contributed by atoms with Crippen molar-refractivity contribution in [3.63, 3.8) is 0 Å². The third-order valence-corrected chi connectivity index (χ3v) is 3.20. The van der Waals surface area contributed by atoms with E-state index in [4.69, 9.17) is 0 Å². The van der Waals surface area contributed by atoms with Crippen molar-refractivity contribution in [1.29, 1.82) is 0 Å². The van der Waals surface area contributed by atoms with Gasteiger partial charge in [0, 0.05) is 24.6 Å². The van der Waals surface area contributed by atoms with Crippen LogP contribution in [0.1, 0.15) is 33.1 Å². The number of anilines is 1. The van der Waals surface area contributed by atoms with Crippen LogP contribution >= 0.6 is 15.9 Å². The molecule has 0 fully saturated rings. The van der Waals surface area contributed by atoms with Gasteiger partial charge in [0.15, 0.2) is 11.5 Å². The second-order valence-corrected chi connectivity index (χ2v) is 4.92. The van der Waals surface area contributed by atoms with Crippen molar-refractivity contribution in [2.24, 2.45) is 0 Å². The van der Waals surface area contributed by atoms with Gasteiger partial charge in [0.25, 0.3) is 0 Å². The summed E-state index contributed by atoms with van der Waals surface area (Å²) < 4.78 is 2.79. The van der Waals surface area contributed by atoms with E-state index >= 15 is 0 Å². The molecule has 0 spiro atoms. The van der Waals surface area contributed by atoms with Crippen LogP contribution in [0, 0.1) is 0 Å². The Morgan fingerprint density at radius 1 is 1.47 bits per heavy atom. The van der Waals surface area contributed by atoms with E-state index in [1.54, 1.807) is 6.20 Å². The Morgan fingerprint density at radius 2 is 2.29 bits per heavy atom. The SMILES string of the molecule is CCCC(CC)Nc1nc(Br)cn2ccnc12. The molecule has 1 atom stereocenters. The summed E-state index contributed by atoms with van der Waals surface area (Å²) in [6.07, 6.45) is 9.04. The molecule has 0 aliphatic rings. The van der Waals surface area contributed by atoms with E-state index in [-0.39, 0.29) is 0 Å². The van der Waals surface area contributed by atoms with Gasteiger partial charge < -0.3 is 9.72 Å². The fourth-order valence-electron chi connectivity index (χ4n) is 1.92. The number of imidazole rings is 1. The number of hydrogen-bond acceptors (Lipinski definition) is 3. The molecule has 2 rings (SSSR count). The summed E-state index contributed by atoms with van der Waals surface area (Å²) in [5.74, 6) is 0.852. The number of nitrogens with one attached hydrogen (secondary N) is 1. The Bertz CT molecular complexity index is 494. The molecule has 1 unspecified atom stereocenters. The maximum atomic E-state index is 4.47. The molecule has 0 saturated carbocycles. The van der Waals surface area contributed by atoms with E-state index in [2.05, 4.69) is 45.1 Å². The predicted molar refractivity (Wildman–Crippen MR) is 73.3 cm³/mol. The van der Waals surface area contributed by atoms with Crippen LogP contribution in [0.5, 0.6) is 0 Å². The van der Waals surface area contributed by atoms with Crippen LogP contribution in [0.15, 0.2) is 23.2 Å². The highest BCUT2D eigenvalue weighted by Crippen LogP contribution is 2.19. The van der Waals surface area contributed by atoms with Gasteiger partial charge in [0.05, 0.1) is 0 Å². The lowest BCUT2D eigenvalue weighted by molar-refractivity contribution is 0.620. The maximum Gasteiger partial charge on any atom is 0.180 e. The zero-order valence-corrected chi connectivity index (χ0v) is 11.7. The number of nitrogens with zero attached hydrogens (tertiary/aromatic N) is 3. The minimum Gasteiger partial charge on any atom is -0.364 e. The van der Waals surface area contributed by atoms with Crippen LogP contribution in [0.25, 0.3) is 5.65 Å². The lowest BCUT2D eigenvalue weighted by Gasteiger charge is -2.17. The van der Waals surface area contributed by atoms with Crippen molar-refractivity contribution in [2.45, 2.75) is 39.2 Å². The van der Waals surface area contributed by atoms with Crippen molar-refractivity contribution >= 4 is 27.4 Å². The number of aromatic nitrogens is 3. The summed E-state index contributed by atoms with van der Waals surface area (Å²) in [5, 5.41) is 3.48. The van der Waals surface area contributed by atoms with Gasteiger partial charge in [0.2, 0.25) is 0 Å². The van der Waals surface area contributed by atoms with Gasteiger partial charge in [-0.1, -0.05) is 20.3 Å². The minimum atomic E-state index is 0.460. The van der Waals surface area contributed by atoms with E-state index in [0.717, 1.165) is 28.9 Å². The van der Waals surface area contributed by atoms with E-state index in [9.17, 15) is 0 Å². The summed E-state index contributed by atoms with van der Waals surface area (Å²) in [5.41, 5.74) is 0.878.